The first-order valence-electron chi connectivity index (χ1n) is 4.74. The molecule has 1 aromatic rings. The first kappa shape index (κ1) is 12.2. The van der Waals surface area contributed by atoms with Crippen LogP contribution in [0.1, 0.15) is 12.0 Å². The molecule has 0 spiro atoms. The summed E-state index contributed by atoms with van der Waals surface area (Å²) in [7, 11) is 3.03. The van der Waals surface area contributed by atoms with Crippen molar-refractivity contribution in [3.63, 3.8) is 0 Å². The Bertz CT molecular complexity index is 329. The summed E-state index contributed by atoms with van der Waals surface area (Å²) in [5.74, 6) is 1.33. The predicted octanol–water partition coefficient (Wildman–Crippen LogP) is 2.71. The van der Waals surface area contributed by atoms with E-state index in [-0.39, 0.29) is 11.6 Å². The molecular formula is C11H15FO2S. The second-order valence-corrected chi connectivity index (χ2v) is 3.54. The molecule has 0 aliphatic carbocycles. The fourth-order valence-corrected chi connectivity index (χ4v) is 1.64. The van der Waals surface area contributed by atoms with E-state index in [1.165, 1.54) is 13.2 Å². The van der Waals surface area contributed by atoms with Crippen molar-refractivity contribution >= 4 is 12.6 Å². The quantitative estimate of drug-likeness (QED) is 0.784. The number of thiol groups is 1. The Labute approximate surface area is 94.8 Å². The maximum atomic E-state index is 13.4. The van der Waals surface area contributed by atoms with Crippen LogP contribution in [-0.2, 0) is 6.42 Å². The maximum Gasteiger partial charge on any atom is 0.165 e. The fourth-order valence-electron chi connectivity index (χ4n) is 1.49. The first-order chi connectivity index (χ1) is 7.24. The molecule has 0 heterocycles. The zero-order valence-corrected chi connectivity index (χ0v) is 9.81. The van der Waals surface area contributed by atoms with Crippen molar-refractivity contribution in [2.75, 3.05) is 20.0 Å². The molecule has 1 rings (SSSR count). The second kappa shape index (κ2) is 5.85. The highest BCUT2D eigenvalue weighted by atomic mass is 32.1. The minimum atomic E-state index is -0.354. The molecule has 0 saturated carbocycles. The van der Waals surface area contributed by atoms with Gasteiger partial charge in [0, 0.05) is 5.56 Å². The Morgan fingerprint density at radius 3 is 2.53 bits per heavy atom. The molecule has 0 N–H and O–H groups in total. The third-order valence-electron chi connectivity index (χ3n) is 2.18. The Hall–Kier alpha value is -0.900. The largest absolute Gasteiger partial charge is 0.496 e. The molecule has 0 bridgehead atoms. The van der Waals surface area contributed by atoms with Gasteiger partial charge in [0.05, 0.1) is 14.2 Å². The Morgan fingerprint density at radius 1 is 1.27 bits per heavy atom. The lowest BCUT2D eigenvalue weighted by Crippen LogP contribution is -2.00. The van der Waals surface area contributed by atoms with Crippen molar-refractivity contribution < 1.29 is 13.9 Å². The van der Waals surface area contributed by atoms with Crippen molar-refractivity contribution in [3.05, 3.63) is 23.5 Å². The van der Waals surface area contributed by atoms with Gasteiger partial charge >= 0.3 is 0 Å². The number of hydrogen-bond acceptors (Lipinski definition) is 3. The van der Waals surface area contributed by atoms with Crippen molar-refractivity contribution in [2.45, 2.75) is 12.8 Å². The molecule has 0 fully saturated rings. The number of rotatable bonds is 5. The molecule has 4 heteroatoms. The van der Waals surface area contributed by atoms with Crippen LogP contribution >= 0.6 is 12.6 Å². The number of halogens is 1. The summed E-state index contributed by atoms with van der Waals surface area (Å²) < 4.78 is 23.6. The molecule has 0 saturated heterocycles. The van der Waals surface area contributed by atoms with Crippen molar-refractivity contribution in [1.29, 1.82) is 0 Å². The van der Waals surface area contributed by atoms with Gasteiger partial charge in [-0.15, -0.1) is 0 Å². The summed E-state index contributed by atoms with van der Waals surface area (Å²) in [6, 6.07) is 2.97. The van der Waals surface area contributed by atoms with Gasteiger partial charge in [-0.05, 0) is 30.7 Å². The Morgan fingerprint density at radius 2 is 2.00 bits per heavy atom. The van der Waals surface area contributed by atoms with E-state index in [2.05, 4.69) is 12.6 Å². The van der Waals surface area contributed by atoms with E-state index < -0.39 is 0 Å². The van der Waals surface area contributed by atoms with E-state index in [9.17, 15) is 4.39 Å². The third-order valence-corrected chi connectivity index (χ3v) is 2.49. The standard InChI is InChI=1S/C11H15FO2S/c1-13-10-6-5-9(12)11(14-2)8(10)4-3-7-15/h5-6,15H,3-4,7H2,1-2H3. The van der Waals surface area contributed by atoms with Gasteiger partial charge in [-0.25, -0.2) is 4.39 Å². The molecule has 0 aromatic heterocycles. The summed E-state index contributed by atoms with van der Waals surface area (Å²) in [6.45, 7) is 0. The molecule has 0 aliphatic heterocycles. The van der Waals surface area contributed by atoms with Crippen molar-refractivity contribution in [2.24, 2.45) is 0 Å². The summed E-state index contributed by atoms with van der Waals surface area (Å²) >= 11 is 4.13. The zero-order chi connectivity index (χ0) is 11.3. The zero-order valence-electron chi connectivity index (χ0n) is 8.92. The van der Waals surface area contributed by atoms with Crippen LogP contribution in [0.25, 0.3) is 0 Å². The predicted molar refractivity (Wildman–Crippen MR) is 61.7 cm³/mol. The molecule has 84 valence electrons. The minimum absolute atomic E-state index is 0.274. The SMILES string of the molecule is COc1ccc(F)c(OC)c1CCCS. The number of methoxy groups -OCH3 is 2. The lowest BCUT2D eigenvalue weighted by atomic mass is 10.1. The molecule has 0 aliphatic rings. The monoisotopic (exact) mass is 230 g/mol. The highest BCUT2D eigenvalue weighted by Gasteiger charge is 2.14. The van der Waals surface area contributed by atoms with E-state index >= 15 is 0 Å². The molecule has 1 aromatic carbocycles. The molecule has 0 atom stereocenters. The van der Waals surface area contributed by atoms with Gasteiger partial charge in [-0.2, -0.15) is 12.6 Å². The maximum absolute atomic E-state index is 13.4. The Balaban J connectivity index is 3.09. The lowest BCUT2D eigenvalue weighted by Gasteiger charge is -2.13. The first-order valence-corrected chi connectivity index (χ1v) is 5.38. The fraction of sp³-hybridized carbons (Fsp3) is 0.455. The normalized spacial score (nSPS) is 10.1. The van der Waals surface area contributed by atoms with E-state index in [4.69, 9.17) is 9.47 Å². The summed E-state index contributed by atoms with van der Waals surface area (Å²) in [6.07, 6.45) is 1.56. The van der Waals surface area contributed by atoms with Crippen LogP contribution < -0.4 is 9.47 Å². The van der Waals surface area contributed by atoms with Gasteiger partial charge in [0.15, 0.2) is 11.6 Å². The van der Waals surface area contributed by atoms with Crippen molar-refractivity contribution in [3.8, 4) is 11.5 Å². The minimum Gasteiger partial charge on any atom is -0.496 e. The van der Waals surface area contributed by atoms with Gasteiger partial charge in [-0.3, -0.25) is 0 Å². The van der Waals surface area contributed by atoms with E-state index in [1.807, 2.05) is 0 Å². The van der Waals surface area contributed by atoms with E-state index in [1.54, 1.807) is 13.2 Å². The van der Waals surface area contributed by atoms with Crippen molar-refractivity contribution in [1.82, 2.24) is 0 Å². The third kappa shape index (κ3) is 2.78. The van der Waals surface area contributed by atoms with Crippen LogP contribution in [0.2, 0.25) is 0 Å². The average molecular weight is 230 g/mol. The molecule has 0 unspecified atom stereocenters. The van der Waals surface area contributed by atoms with Crippen LogP contribution in [0.5, 0.6) is 11.5 Å². The van der Waals surface area contributed by atoms with E-state index in [0.717, 1.165) is 17.7 Å². The van der Waals surface area contributed by atoms with Gasteiger partial charge in [0.25, 0.3) is 0 Å². The summed E-state index contributed by atoms with van der Waals surface area (Å²) in [5, 5.41) is 0. The number of ether oxygens (including phenoxy) is 2. The van der Waals surface area contributed by atoms with Crippen LogP contribution in [0.4, 0.5) is 4.39 Å². The molecular weight excluding hydrogens is 215 g/mol. The highest BCUT2D eigenvalue weighted by molar-refractivity contribution is 7.80. The summed E-state index contributed by atoms with van der Waals surface area (Å²) in [4.78, 5) is 0. The average Bonchev–Trinajstić information content (AvgIpc) is 2.26. The molecule has 2 nitrogen and oxygen atoms in total. The van der Waals surface area contributed by atoms with Gasteiger partial charge in [0.2, 0.25) is 0 Å². The van der Waals surface area contributed by atoms with Gasteiger partial charge in [0.1, 0.15) is 5.75 Å². The summed E-state index contributed by atoms with van der Waals surface area (Å²) in [5.41, 5.74) is 0.772. The topological polar surface area (TPSA) is 18.5 Å². The molecule has 0 amide bonds. The van der Waals surface area contributed by atoms with E-state index in [0.29, 0.717) is 12.2 Å². The Kier molecular flexibility index (Phi) is 4.75. The molecule has 0 radical (unpaired) electrons. The van der Waals surface area contributed by atoms with Crippen LogP contribution in [0.3, 0.4) is 0 Å². The van der Waals surface area contributed by atoms with Crippen LogP contribution in [0.15, 0.2) is 12.1 Å². The molecule has 15 heavy (non-hydrogen) atoms. The number of benzene rings is 1. The van der Waals surface area contributed by atoms with Gasteiger partial charge in [-0.1, -0.05) is 0 Å². The highest BCUT2D eigenvalue weighted by Crippen LogP contribution is 2.32. The smallest absolute Gasteiger partial charge is 0.165 e. The van der Waals surface area contributed by atoms with Gasteiger partial charge < -0.3 is 9.47 Å². The van der Waals surface area contributed by atoms with Crippen LogP contribution in [0, 0.1) is 5.82 Å². The lowest BCUT2D eigenvalue weighted by molar-refractivity contribution is 0.365. The second-order valence-electron chi connectivity index (χ2n) is 3.09. The number of hydrogen-bond donors (Lipinski definition) is 1. The van der Waals surface area contributed by atoms with Crippen LogP contribution in [-0.4, -0.2) is 20.0 Å².